The second-order valence-corrected chi connectivity index (χ2v) is 7.09. The fraction of sp³-hybridized carbons (Fsp3) is 0.938. The van der Waals surface area contributed by atoms with Crippen LogP contribution in [0.1, 0.15) is 51.4 Å². The summed E-state index contributed by atoms with van der Waals surface area (Å²) in [6.07, 6.45) is 9.75. The zero-order valence-electron chi connectivity index (χ0n) is 12.6. The fourth-order valence-corrected chi connectivity index (χ4v) is 4.17. The summed E-state index contributed by atoms with van der Waals surface area (Å²) in [5.41, 5.74) is 6.02. The van der Waals surface area contributed by atoms with Gasteiger partial charge in [-0.15, -0.1) is 0 Å². The van der Waals surface area contributed by atoms with Crippen molar-refractivity contribution in [3.05, 3.63) is 0 Å². The summed E-state index contributed by atoms with van der Waals surface area (Å²) < 4.78 is 0. The zero-order valence-corrected chi connectivity index (χ0v) is 12.6. The molecule has 4 heteroatoms. The number of hydrogen-bond acceptors (Lipinski definition) is 3. The molecule has 1 saturated heterocycles. The number of carbonyl (C=O) groups excluding carboxylic acids is 1. The van der Waals surface area contributed by atoms with E-state index in [9.17, 15) is 4.79 Å². The van der Waals surface area contributed by atoms with Crippen LogP contribution in [0.4, 0.5) is 0 Å². The highest BCUT2D eigenvalue weighted by atomic mass is 16.2. The van der Waals surface area contributed by atoms with E-state index in [1.165, 1.54) is 32.1 Å². The average Bonchev–Trinajstić information content (AvgIpc) is 2.97. The third kappa shape index (κ3) is 2.86. The van der Waals surface area contributed by atoms with Gasteiger partial charge in [0.1, 0.15) is 0 Å². The minimum absolute atomic E-state index is 0.152. The number of piperazine rings is 1. The first kappa shape index (κ1) is 14.3. The molecule has 1 heterocycles. The minimum atomic E-state index is 0.152. The van der Waals surface area contributed by atoms with Crippen molar-refractivity contribution in [3.8, 4) is 0 Å². The molecule has 2 N–H and O–H groups in total. The number of amides is 1. The molecule has 3 rings (SSSR count). The van der Waals surface area contributed by atoms with Crippen molar-refractivity contribution in [2.24, 2.45) is 11.1 Å². The van der Waals surface area contributed by atoms with Crippen LogP contribution >= 0.6 is 0 Å². The van der Waals surface area contributed by atoms with Gasteiger partial charge in [-0.25, -0.2) is 0 Å². The highest BCUT2D eigenvalue weighted by Gasteiger charge is 2.39. The standard InChI is InChI=1S/C16H29N3O/c17-13-16(6-3-7-16)12-15(20)19-10-8-18(9-11-19)14-4-1-2-5-14/h14H,1-13,17H2. The first-order valence-corrected chi connectivity index (χ1v) is 8.44. The molecular weight excluding hydrogens is 250 g/mol. The molecule has 20 heavy (non-hydrogen) atoms. The highest BCUT2D eigenvalue weighted by molar-refractivity contribution is 5.77. The molecule has 0 aromatic rings. The Labute approximate surface area is 122 Å². The van der Waals surface area contributed by atoms with E-state index in [0.29, 0.717) is 18.9 Å². The lowest BCUT2D eigenvalue weighted by Gasteiger charge is -2.43. The zero-order chi connectivity index (χ0) is 14.0. The van der Waals surface area contributed by atoms with Crippen molar-refractivity contribution in [1.29, 1.82) is 0 Å². The van der Waals surface area contributed by atoms with Gasteiger partial charge in [0.15, 0.2) is 0 Å². The van der Waals surface area contributed by atoms with Gasteiger partial charge in [0.2, 0.25) is 5.91 Å². The summed E-state index contributed by atoms with van der Waals surface area (Å²) in [6, 6.07) is 0.800. The Morgan fingerprint density at radius 2 is 1.70 bits per heavy atom. The molecule has 1 aliphatic heterocycles. The largest absolute Gasteiger partial charge is 0.340 e. The third-order valence-electron chi connectivity index (χ3n) is 5.88. The first-order valence-electron chi connectivity index (χ1n) is 8.44. The Bertz CT molecular complexity index is 334. The van der Waals surface area contributed by atoms with Crippen molar-refractivity contribution in [2.45, 2.75) is 57.4 Å². The van der Waals surface area contributed by atoms with Crippen LogP contribution in [0.5, 0.6) is 0 Å². The minimum Gasteiger partial charge on any atom is -0.340 e. The monoisotopic (exact) mass is 279 g/mol. The Morgan fingerprint density at radius 1 is 1.05 bits per heavy atom. The van der Waals surface area contributed by atoms with Crippen LogP contribution in [0.2, 0.25) is 0 Å². The molecule has 0 aromatic heterocycles. The molecule has 0 unspecified atom stereocenters. The van der Waals surface area contributed by atoms with E-state index < -0.39 is 0 Å². The summed E-state index contributed by atoms with van der Waals surface area (Å²) in [7, 11) is 0. The van der Waals surface area contributed by atoms with Crippen molar-refractivity contribution < 1.29 is 4.79 Å². The molecule has 0 radical (unpaired) electrons. The van der Waals surface area contributed by atoms with Gasteiger partial charge in [0.25, 0.3) is 0 Å². The molecule has 0 atom stereocenters. The molecule has 2 saturated carbocycles. The van der Waals surface area contributed by atoms with Crippen molar-refractivity contribution >= 4 is 5.91 Å². The van der Waals surface area contributed by atoms with E-state index in [2.05, 4.69) is 9.80 Å². The number of hydrogen-bond donors (Lipinski definition) is 1. The van der Waals surface area contributed by atoms with Crippen molar-refractivity contribution in [3.63, 3.8) is 0 Å². The topological polar surface area (TPSA) is 49.6 Å². The molecule has 3 fully saturated rings. The summed E-state index contributed by atoms with van der Waals surface area (Å²) in [4.78, 5) is 17.1. The normalized spacial score (nSPS) is 27.6. The van der Waals surface area contributed by atoms with Crippen LogP contribution in [-0.4, -0.2) is 54.5 Å². The van der Waals surface area contributed by atoms with Gasteiger partial charge >= 0.3 is 0 Å². The second kappa shape index (κ2) is 6.02. The van der Waals surface area contributed by atoms with Crippen molar-refractivity contribution in [1.82, 2.24) is 9.80 Å². The van der Waals surface area contributed by atoms with E-state index in [1.54, 1.807) is 0 Å². The van der Waals surface area contributed by atoms with Gasteiger partial charge in [0, 0.05) is 38.6 Å². The molecule has 1 amide bonds. The molecule has 3 aliphatic rings. The van der Waals surface area contributed by atoms with Gasteiger partial charge < -0.3 is 10.6 Å². The number of carbonyl (C=O) groups is 1. The van der Waals surface area contributed by atoms with Gasteiger partial charge in [-0.2, -0.15) is 0 Å². The molecule has 2 aliphatic carbocycles. The van der Waals surface area contributed by atoms with E-state index in [0.717, 1.165) is 45.1 Å². The molecule has 0 spiro atoms. The number of nitrogens with zero attached hydrogens (tertiary/aromatic N) is 2. The average molecular weight is 279 g/mol. The second-order valence-electron chi connectivity index (χ2n) is 7.09. The Balaban J connectivity index is 1.46. The number of nitrogens with two attached hydrogens (primary N) is 1. The predicted octanol–water partition coefficient (Wildman–Crippen LogP) is 1.59. The Kier molecular flexibility index (Phi) is 4.32. The maximum Gasteiger partial charge on any atom is 0.223 e. The highest BCUT2D eigenvalue weighted by Crippen LogP contribution is 2.43. The fourth-order valence-electron chi connectivity index (χ4n) is 4.17. The van der Waals surface area contributed by atoms with Crippen molar-refractivity contribution in [2.75, 3.05) is 32.7 Å². The SMILES string of the molecule is NCC1(CC(=O)N2CCN(C3CCCC3)CC2)CCC1. The molecule has 4 nitrogen and oxygen atoms in total. The maximum absolute atomic E-state index is 12.4. The lowest BCUT2D eigenvalue weighted by molar-refractivity contribution is -0.137. The summed E-state index contributed by atoms with van der Waals surface area (Å²) in [5, 5.41) is 0. The van der Waals surface area contributed by atoms with Crippen LogP contribution in [0.25, 0.3) is 0 Å². The van der Waals surface area contributed by atoms with E-state index in [4.69, 9.17) is 5.73 Å². The van der Waals surface area contributed by atoms with Crippen LogP contribution in [0, 0.1) is 5.41 Å². The first-order chi connectivity index (χ1) is 9.72. The lowest BCUT2D eigenvalue weighted by Crippen LogP contribution is -2.53. The molecular formula is C16H29N3O. The van der Waals surface area contributed by atoms with Crippen LogP contribution in [0.3, 0.4) is 0 Å². The predicted molar refractivity (Wildman–Crippen MR) is 80.4 cm³/mol. The summed E-state index contributed by atoms with van der Waals surface area (Å²) in [5.74, 6) is 0.348. The molecule has 114 valence electrons. The van der Waals surface area contributed by atoms with E-state index in [-0.39, 0.29) is 5.41 Å². The van der Waals surface area contributed by atoms with Crippen LogP contribution in [-0.2, 0) is 4.79 Å². The van der Waals surface area contributed by atoms with E-state index >= 15 is 0 Å². The summed E-state index contributed by atoms with van der Waals surface area (Å²) in [6.45, 7) is 4.69. The number of rotatable bonds is 4. The molecule has 0 bridgehead atoms. The smallest absolute Gasteiger partial charge is 0.223 e. The third-order valence-corrected chi connectivity index (χ3v) is 5.88. The molecule has 0 aromatic carbocycles. The lowest BCUT2D eigenvalue weighted by atomic mass is 9.66. The maximum atomic E-state index is 12.4. The van der Waals surface area contributed by atoms with Gasteiger partial charge in [-0.3, -0.25) is 9.69 Å². The van der Waals surface area contributed by atoms with Gasteiger partial charge in [0.05, 0.1) is 0 Å². The van der Waals surface area contributed by atoms with Crippen LogP contribution in [0.15, 0.2) is 0 Å². The van der Waals surface area contributed by atoms with Gasteiger partial charge in [-0.05, 0) is 37.6 Å². The quantitative estimate of drug-likeness (QED) is 0.850. The van der Waals surface area contributed by atoms with E-state index in [1.807, 2.05) is 0 Å². The van der Waals surface area contributed by atoms with Gasteiger partial charge in [-0.1, -0.05) is 19.3 Å². The van der Waals surface area contributed by atoms with Crippen LogP contribution < -0.4 is 5.73 Å². The summed E-state index contributed by atoms with van der Waals surface area (Å²) >= 11 is 0. The Morgan fingerprint density at radius 3 is 2.20 bits per heavy atom. The Hall–Kier alpha value is -0.610.